The van der Waals surface area contributed by atoms with Crippen molar-refractivity contribution in [1.29, 1.82) is 0 Å². The number of nitrogens with one attached hydrogen (secondary N) is 1. The van der Waals surface area contributed by atoms with Crippen LogP contribution in [0, 0.1) is 5.92 Å². The van der Waals surface area contributed by atoms with Gasteiger partial charge in [0, 0.05) is 0 Å². The van der Waals surface area contributed by atoms with Gasteiger partial charge in [-0.15, -0.1) is 0 Å². The Kier molecular flexibility index (Phi) is 5.61. The number of amides is 1. The molecule has 0 heterocycles. The first-order valence-corrected chi connectivity index (χ1v) is 10.7. The molecule has 1 N–H and O–H groups in total. The van der Waals surface area contributed by atoms with E-state index in [0.717, 1.165) is 0 Å². The van der Waals surface area contributed by atoms with Crippen molar-refractivity contribution in [2.45, 2.75) is 70.3 Å². The SMILES string of the molecule is C[C@@H](NC(=O)[C@@H](c1ccccc1)C1CCCC1)c1ccc2c(c1)CCCC2. The lowest BCUT2D eigenvalue weighted by Crippen LogP contribution is -2.34. The molecule has 0 aliphatic heterocycles. The molecule has 2 nitrogen and oxygen atoms in total. The molecule has 2 atom stereocenters. The van der Waals surface area contributed by atoms with Crippen LogP contribution in [0.5, 0.6) is 0 Å². The van der Waals surface area contributed by atoms with Crippen LogP contribution in [0.15, 0.2) is 48.5 Å². The van der Waals surface area contributed by atoms with Crippen LogP contribution in [0.1, 0.15) is 79.7 Å². The van der Waals surface area contributed by atoms with Crippen LogP contribution >= 0.6 is 0 Å². The molecule has 2 heteroatoms. The molecule has 1 fully saturated rings. The van der Waals surface area contributed by atoms with Gasteiger partial charge in [-0.1, -0.05) is 61.4 Å². The summed E-state index contributed by atoms with van der Waals surface area (Å²) in [5, 5.41) is 3.34. The predicted octanol–water partition coefficient (Wildman–Crippen LogP) is 5.72. The van der Waals surface area contributed by atoms with Crippen molar-refractivity contribution in [1.82, 2.24) is 5.32 Å². The Balaban J connectivity index is 1.52. The smallest absolute Gasteiger partial charge is 0.228 e. The Morgan fingerprint density at radius 1 is 0.889 bits per heavy atom. The Morgan fingerprint density at radius 3 is 2.33 bits per heavy atom. The second-order valence-corrected chi connectivity index (χ2v) is 8.40. The normalized spacial score (nSPS) is 19.3. The highest BCUT2D eigenvalue weighted by atomic mass is 16.2. The van der Waals surface area contributed by atoms with E-state index < -0.39 is 0 Å². The number of carbonyl (C=O) groups is 1. The number of fused-ring (bicyclic) bond motifs is 1. The molecule has 2 aliphatic rings. The second kappa shape index (κ2) is 8.29. The molecule has 0 saturated heterocycles. The first kappa shape index (κ1) is 18.3. The maximum absolute atomic E-state index is 13.3. The van der Waals surface area contributed by atoms with Crippen molar-refractivity contribution in [3.63, 3.8) is 0 Å². The van der Waals surface area contributed by atoms with Gasteiger partial charge < -0.3 is 5.32 Å². The molecule has 1 saturated carbocycles. The molecule has 2 aromatic rings. The number of rotatable bonds is 5. The van der Waals surface area contributed by atoms with Crippen molar-refractivity contribution in [3.05, 3.63) is 70.8 Å². The van der Waals surface area contributed by atoms with E-state index in [1.165, 1.54) is 73.6 Å². The molecule has 0 radical (unpaired) electrons. The van der Waals surface area contributed by atoms with Gasteiger partial charge in [0.1, 0.15) is 0 Å². The number of hydrogen-bond acceptors (Lipinski definition) is 1. The van der Waals surface area contributed by atoms with E-state index in [1.807, 2.05) is 6.07 Å². The monoisotopic (exact) mass is 361 g/mol. The first-order chi connectivity index (χ1) is 13.2. The third-order valence-electron chi connectivity index (χ3n) is 6.54. The standard InChI is InChI=1S/C25H31NO/c1-18(22-16-15-19-9-5-8-14-23(19)17-22)26-25(27)24(21-12-6-7-13-21)20-10-3-2-4-11-20/h2-4,10-11,15-18,21,24H,5-9,12-14H2,1H3,(H,26,27)/t18-,24+/m1/s1. The molecule has 0 aromatic heterocycles. The van der Waals surface area contributed by atoms with Crippen LogP contribution in [-0.2, 0) is 17.6 Å². The van der Waals surface area contributed by atoms with Crippen LogP contribution in [0.3, 0.4) is 0 Å². The van der Waals surface area contributed by atoms with Crippen molar-refractivity contribution in [2.75, 3.05) is 0 Å². The summed E-state index contributed by atoms with van der Waals surface area (Å²) in [7, 11) is 0. The fourth-order valence-electron chi connectivity index (χ4n) is 5.00. The minimum atomic E-state index is -0.0197. The predicted molar refractivity (Wildman–Crippen MR) is 111 cm³/mol. The average Bonchev–Trinajstić information content (AvgIpc) is 3.22. The second-order valence-electron chi connectivity index (χ2n) is 8.40. The lowest BCUT2D eigenvalue weighted by atomic mass is 9.83. The van der Waals surface area contributed by atoms with Gasteiger partial charge in [-0.25, -0.2) is 0 Å². The lowest BCUT2D eigenvalue weighted by Gasteiger charge is -2.26. The van der Waals surface area contributed by atoms with Crippen molar-refractivity contribution in [2.24, 2.45) is 5.92 Å². The van der Waals surface area contributed by atoms with E-state index in [9.17, 15) is 4.79 Å². The van der Waals surface area contributed by atoms with Crippen LogP contribution in [0.2, 0.25) is 0 Å². The zero-order valence-corrected chi connectivity index (χ0v) is 16.4. The topological polar surface area (TPSA) is 29.1 Å². The number of carbonyl (C=O) groups excluding carboxylic acids is 1. The average molecular weight is 362 g/mol. The van der Waals surface area contributed by atoms with Crippen molar-refractivity contribution < 1.29 is 4.79 Å². The summed E-state index contributed by atoms with van der Waals surface area (Å²) in [6, 6.07) is 17.2. The highest BCUT2D eigenvalue weighted by Gasteiger charge is 2.32. The van der Waals surface area contributed by atoms with E-state index in [1.54, 1.807) is 0 Å². The lowest BCUT2D eigenvalue weighted by molar-refractivity contribution is -0.124. The summed E-state index contributed by atoms with van der Waals surface area (Å²) in [5.74, 6) is 0.648. The number of benzene rings is 2. The third-order valence-corrected chi connectivity index (χ3v) is 6.54. The van der Waals surface area contributed by atoms with Crippen LogP contribution in [0.25, 0.3) is 0 Å². The minimum absolute atomic E-state index is 0.0197. The summed E-state index contributed by atoms with van der Waals surface area (Å²) in [5.41, 5.74) is 5.38. The zero-order chi connectivity index (χ0) is 18.6. The quantitative estimate of drug-likeness (QED) is 0.725. The Morgan fingerprint density at radius 2 is 1.59 bits per heavy atom. The molecule has 142 valence electrons. The molecule has 0 spiro atoms. The Bertz CT molecular complexity index is 776. The van der Waals surface area contributed by atoms with Gasteiger partial charge in [-0.2, -0.15) is 0 Å². The molecule has 2 aromatic carbocycles. The number of aryl methyl sites for hydroxylation is 2. The van der Waals surface area contributed by atoms with E-state index >= 15 is 0 Å². The minimum Gasteiger partial charge on any atom is -0.349 e. The molecule has 0 bridgehead atoms. The van der Waals surface area contributed by atoms with Gasteiger partial charge in [0.15, 0.2) is 0 Å². The van der Waals surface area contributed by atoms with Crippen LogP contribution in [0.4, 0.5) is 0 Å². The highest BCUT2D eigenvalue weighted by molar-refractivity contribution is 5.84. The molecule has 0 unspecified atom stereocenters. The van der Waals surface area contributed by atoms with Crippen LogP contribution < -0.4 is 5.32 Å². The summed E-state index contributed by atoms with van der Waals surface area (Å²) >= 11 is 0. The first-order valence-electron chi connectivity index (χ1n) is 10.7. The summed E-state index contributed by atoms with van der Waals surface area (Å²) in [6.45, 7) is 2.12. The highest BCUT2D eigenvalue weighted by Crippen LogP contribution is 2.38. The Hall–Kier alpha value is -2.09. The molecule has 27 heavy (non-hydrogen) atoms. The van der Waals surface area contributed by atoms with Crippen molar-refractivity contribution in [3.8, 4) is 0 Å². The van der Waals surface area contributed by atoms with Gasteiger partial charge in [0.25, 0.3) is 0 Å². The summed E-state index contributed by atoms with van der Waals surface area (Å²) in [6.07, 6.45) is 9.81. The zero-order valence-electron chi connectivity index (χ0n) is 16.4. The number of hydrogen-bond donors (Lipinski definition) is 1. The van der Waals surface area contributed by atoms with E-state index in [0.29, 0.717) is 5.92 Å². The van der Waals surface area contributed by atoms with E-state index in [4.69, 9.17) is 0 Å². The fourth-order valence-corrected chi connectivity index (χ4v) is 5.00. The Labute approximate surface area is 163 Å². The van der Waals surface area contributed by atoms with Gasteiger partial charge in [-0.05, 0) is 73.6 Å². The molecule has 2 aliphatic carbocycles. The molecule has 1 amide bonds. The maximum Gasteiger partial charge on any atom is 0.228 e. The largest absolute Gasteiger partial charge is 0.349 e. The summed E-state index contributed by atoms with van der Waals surface area (Å²) in [4.78, 5) is 13.3. The fraction of sp³-hybridized carbons (Fsp3) is 0.480. The van der Waals surface area contributed by atoms with Gasteiger partial charge in [-0.3, -0.25) is 4.79 Å². The van der Waals surface area contributed by atoms with E-state index in [2.05, 4.69) is 54.7 Å². The third kappa shape index (κ3) is 4.10. The molecule has 4 rings (SSSR count). The van der Waals surface area contributed by atoms with Gasteiger partial charge in [0.2, 0.25) is 5.91 Å². The van der Waals surface area contributed by atoms with Gasteiger partial charge >= 0.3 is 0 Å². The van der Waals surface area contributed by atoms with Crippen LogP contribution in [-0.4, -0.2) is 5.91 Å². The van der Waals surface area contributed by atoms with Gasteiger partial charge in [0.05, 0.1) is 12.0 Å². The maximum atomic E-state index is 13.3. The van der Waals surface area contributed by atoms with E-state index in [-0.39, 0.29) is 17.9 Å². The molecular formula is C25H31NO. The van der Waals surface area contributed by atoms with Crippen molar-refractivity contribution >= 4 is 5.91 Å². The molecular weight excluding hydrogens is 330 g/mol. The summed E-state index contributed by atoms with van der Waals surface area (Å²) < 4.78 is 0.